The first kappa shape index (κ1) is 14.4. The van der Waals surface area contributed by atoms with Crippen LogP contribution >= 0.6 is 11.8 Å². The lowest BCUT2D eigenvalue weighted by atomic mass is 10.0. The zero-order valence-corrected chi connectivity index (χ0v) is 12.5. The molecule has 3 atom stereocenters. The van der Waals surface area contributed by atoms with E-state index in [0.29, 0.717) is 11.8 Å². The van der Waals surface area contributed by atoms with Crippen molar-refractivity contribution in [3.05, 3.63) is 12.2 Å². The summed E-state index contributed by atoms with van der Waals surface area (Å²) >= 11 is 1.91. The smallest absolute Gasteiger partial charge is 0.315 e. The van der Waals surface area contributed by atoms with Gasteiger partial charge in [-0.2, -0.15) is 11.8 Å². The molecule has 114 valence electrons. The standard InChI is InChI=1S/C14H19N3O3S/c18-11-5-6-12(19)17(11)7-3-1-2-4-10-13-9(8-21-10)15-14(20)16-13/h5-6,9-10,13H,1-4,7-8H2,(H2,15,16,20)/t9-,10-,13-/m0/s1. The molecule has 6 nitrogen and oxygen atoms in total. The Labute approximate surface area is 127 Å². The minimum atomic E-state index is -0.200. The van der Waals surface area contributed by atoms with E-state index in [2.05, 4.69) is 10.6 Å². The van der Waals surface area contributed by atoms with Crippen LogP contribution in [0.3, 0.4) is 0 Å². The van der Waals surface area contributed by atoms with Crippen LogP contribution in [0.15, 0.2) is 12.2 Å². The molecule has 0 aliphatic carbocycles. The Hall–Kier alpha value is -1.50. The van der Waals surface area contributed by atoms with Crippen molar-refractivity contribution in [2.24, 2.45) is 0 Å². The van der Waals surface area contributed by atoms with Gasteiger partial charge in [0, 0.05) is 29.7 Å². The topological polar surface area (TPSA) is 78.5 Å². The third-order valence-corrected chi connectivity index (χ3v) is 5.72. The van der Waals surface area contributed by atoms with Crippen LogP contribution < -0.4 is 10.6 Å². The number of nitrogens with one attached hydrogen (secondary N) is 2. The van der Waals surface area contributed by atoms with E-state index in [1.54, 1.807) is 0 Å². The second-order valence-corrected chi connectivity index (χ2v) is 6.90. The van der Waals surface area contributed by atoms with Crippen LogP contribution in [0.4, 0.5) is 4.79 Å². The molecule has 0 saturated carbocycles. The van der Waals surface area contributed by atoms with Crippen molar-refractivity contribution in [3.63, 3.8) is 0 Å². The molecule has 3 heterocycles. The van der Waals surface area contributed by atoms with Crippen molar-refractivity contribution in [2.75, 3.05) is 12.3 Å². The SMILES string of the molecule is O=C1N[C@H]2[C@H](CS[C@H]2CCCCCN2C(=O)C=CC2=O)N1. The van der Waals surface area contributed by atoms with Gasteiger partial charge in [0.2, 0.25) is 0 Å². The predicted molar refractivity (Wildman–Crippen MR) is 79.8 cm³/mol. The minimum Gasteiger partial charge on any atom is -0.332 e. The van der Waals surface area contributed by atoms with Crippen molar-refractivity contribution in [2.45, 2.75) is 43.0 Å². The van der Waals surface area contributed by atoms with Crippen molar-refractivity contribution < 1.29 is 14.4 Å². The van der Waals surface area contributed by atoms with Gasteiger partial charge in [0.05, 0.1) is 12.1 Å². The molecule has 2 fully saturated rings. The average Bonchev–Trinajstić information content (AvgIpc) is 3.08. The summed E-state index contributed by atoms with van der Waals surface area (Å²) in [5.41, 5.74) is 0. The van der Waals surface area contributed by atoms with Gasteiger partial charge in [-0.25, -0.2) is 4.79 Å². The van der Waals surface area contributed by atoms with Crippen molar-refractivity contribution >= 4 is 29.6 Å². The Kier molecular flexibility index (Phi) is 4.19. The van der Waals surface area contributed by atoms with E-state index in [9.17, 15) is 14.4 Å². The highest BCUT2D eigenvalue weighted by Crippen LogP contribution is 2.33. The van der Waals surface area contributed by atoms with Crippen LogP contribution in [0.5, 0.6) is 0 Å². The fraction of sp³-hybridized carbons (Fsp3) is 0.643. The molecule has 3 aliphatic rings. The summed E-state index contributed by atoms with van der Waals surface area (Å²) in [4.78, 5) is 35.3. The second kappa shape index (κ2) is 6.09. The molecule has 3 rings (SSSR count). The van der Waals surface area contributed by atoms with Crippen LogP contribution in [0.1, 0.15) is 25.7 Å². The first-order valence-corrected chi connectivity index (χ1v) is 8.42. The van der Waals surface area contributed by atoms with Crippen LogP contribution in [0.2, 0.25) is 0 Å². The van der Waals surface area contributed by atoms with Crippen molar-refractivity contribution in [1.82, 2.24) is 15.5 Å². The molecule has 2 N–H and O–H groups in total. The molecular weight excluding hydrogens is 290 g/mol. The van der Waals surface area contributed by atoms with Gasteiger partial charge in [0.1, 0.15) is 0 Å². The number of unbranched alkanes of at least 4 members (excludes halogenated alkanes) is 2. The second-order valence-electron chi connectivity index (χ2n) is 5.63. The number of hydrogen-bond donors (Lipinski definition) is 2. The molecule has 21 heavy (non-hydrogen) atoms. The monoisotopic (exact) mass is 309 g/mol. The molecule has 0 aromatic carbocycles. The van der Waals surface area contributed by atoms with Gasteiger partial charge in [0.15, 0.2) is 0 Å². The average molecular weight is 309 g/mol. The lowest BCUT2D eigenvalue weighted by Gasteiger charge is -2.17. The quantitative estimate of drug-likeness (QED) is 0.429. The first-order valence-electron chi connectivity index (χ1n) is 7.37. The van der Waals surface area contributed by atoms with Gasteiger partial charge in [-0.15, -0.1) is 0 Å². The van der Waals surface area contributed by atoms with Crippen LogP contribution in [-0.2, 0) is 9.59 Å². The number of urea groups is 1. The fourth-order valence-corrected chi connectivity index (χ4v) is 4.63. The Morgan fingerprint density at radius 3 is 2.62 bits per heavy atom. The van der Waals surface area contributed by atoms with Gasteiger partial charge in [-0.05, 0) is 12.8 Å². The van der Waals surface area contributed by atoms with E-state index in [1.165, 1.54) is 17.1 Å². The van der Waals surface area contributed by atoms with Gasteiger partial charge in [0.25, 0.3) is 11.8 Å². The maximum absolute atomic E-state index is 11.4. The number of nitrogens with zero attached hydrogens (tertiary/aromatic N) is 1. The number of thioether (sulfide) groups is 1. The minimum absolute atomic E-state index is 0.0474. The number of fused-ring (bicyclic) bond motifs is 1. The summed E-state index contributed by atoms with van der Waals surface area (Å²) in [6.07, 6.45) is 6.61. The third-order valence-electron chi connectivity index (χ3n) is 4.21. The molecule has 0 spiro atoms. The third kappa shape index (κ3) is 3.07. The zero-order valence-electron chi connectivity index (χ0n) is 11.7. The van der Waals surface area contributed by atoms with E-state index in [1.807, 2.05) is 11.8 Å². The Bertz CT molecular complexity index is 476. The van der Waals surface area contributed by atoms with Crippen LogP contribution in [0.25, 0.3) is 0 Å². The number of hydrogen-bond acceptors (Lipinski definition) is 4. The van der Waals surface area contributed by atoms with Gasteiger partial charge in [-0.3, -0.25) is 14.5 Å². The summed E-state index contributed by atoms with van der Waals surface area (Å²) in [7, 11) is 0. The molecule has 4 amide bonds. The first-order chi connectivity index (χ1) is 10.1. The molecular formula is C14H19N3O3S. The fourth-order valence-electron chi connectivity index (χ4n) is 3.09. The van der Waals surface area contributed by atoms with Gasteiger partial charge in [-0.1, -0.05) is 12.8 Å². The maximum atomic E-state index is 11.4. The lowest BCUT2D eigenvalue weighted by molar-refractivity contribution is -0.136. The maximum Gasteiger partial charge on any atom is 0.315 e. The Morgan fingerprint density at radius 2 is 1.86 bits per heavy atom. The molecule has 0 aromatic rings. The number of amides is 4. The normalized spacial score (nSPS) is 30.8. The van der Waals surface area contributed by atoms with Crippen molar-refractivity contribution in [1.29, 1.82) is 0 Å². The lowest BCUT2D eigenvalue weighted by Crippen LogP contribution is -2.36. The highest BCUT2D eigenvalue weighted by Gasteiger charge is 2.42. The summed E-state index contributed by atoms with van der Waals surface area (Å²) in [6.45, 7) is 0.507. The summed E-state index contributed by atoms with van der Waals surface area (Å²) in [6, 6.07) is 0.487. The number of rotatable bonds is 6. The van der Waals surface area contributed by atoms with E-state index in [0.717, 1.165) is 31.4 Å². The van der Waals surface area contributed by atoms with Gasteiger partial charge >= 0.3 is 6.03 Å². The summed E-state index contributed by atoms with van der Waals surface area (Å²) in [5.74, 6) is 0.583. The Balaban J connectivity index is 1.33. The van der Waals surface area contributed by atoms with E-state index < -0.39 is 0 Å². The predicted octanol–water partition coefficient (Wildman–Crippen LogP) is 0.637. The van der Waals surface area contributed by atoms with E-state index >= 15 is 0 Å². The largest absolute Gasteiger partial charge is 0.332 e. The highest BCUT2D eigenvalue weighted by molar-refractivity contribution is 8.00. The molecule has 7 heteroatoms. The highest BCUT2D eigenvalue weighted by atomic mass is 32.2. The molecule has 2 saturated heterocycles. The molecule has 0 radical (unpaired) electrons. The van der Waals surface area contributed by atoms with Gasteiger partial charge < -0.3 is 10.6 Å². The number of carbonyl (C=O) groups is 3. The summed E-state index contributed by atoms with van der Waals surface area (Å²) in [5, 5.41) is 6.40. The molecule has 0 bridgehead atoms. The zero-order chi connectivity index (χ0) is 14.8. The van der Waals surface area contributed by atoms with Crippen molar-refractivity contribution in [3.8, 4) is 0 Å². The number of carbonyl (C=O) groups excluding carboxylic acids is 3. The van der Waals surface area contributed by atoms with E-state index in [-0.39, 0.29) is 29.9 Å². The van der Waals surface area contributed by atoms with Crippen LogP contribution in [-0.4, -0.2) is 52.4 Å². The summed E-state index contributed by atoms with van der Waals surface area (Å²) < 4.78 is 0. The van der Waals surface area contributed by atoms with Crippen LogP contribution in [0, 0.1) is 0 Å². The number of imide groups is 1. The molecule has 0 unspecified atom stereocenters. The molecule has 0 aromatic heterocycles. The van der Waals surface area contributed by atoms with E-state index in [4.69, 9.17) is 0 Å². The molecule has 3 aliphatic heterocycles. The Morgan fingerprint density at radius 1 is 1.10 bits per heavy atom.